The number of pyridine rings is 1. The fraction of sp³-hybridized carbons (Fsp3) is 0.0769. The quantitative estimate of drug-likeness (QED) is 0.921. The number of ether oxygens (including phenoxy) is 1. The molecule has 0 spiro atoms. The Balaban J connectivity index is 2.10. The molecule has 0 radical (unpaired) electrons. The van der Waals surface area contributed by atoms with Gasteiger partial charge in [-0.1, -0.05) is 23.7 Å². The lowest BCUT2D eigenvalue weighted by molar-refractivity contribution is 0.0690. The lowest BCUT2D eigenvalue weighted by Gasteiger charge is -2.07. The van der Waals surface area contributed by atoms with Gasteiger partial charge in [0.05, 0.1) is 0 Å². The van der Waals surface area contributed by atoms with Crippen molar-refractivity contribution in [2.75, 3.05) is 0 Å². The Morgan fingerprint density at radius 3 is 2.67 bits per heavy atom. The van der Waals surface area contributed by atoms with Crippen molar-refractivity contribution >= 4 is 17.6 Å². The maximum Gasteiger partial charge on any atom is 0.341 e. The third-order valence-electron chi connectivity index (χ3n) is 2.29. The van der Waals surface area contributed by atoms with E-state index in [1.54, 1.807) is 18.2 Å². The molecule has 1 aromatic carbocycles. The zero-order chi connectivity index (χ0) is 13.0. The molecule has 18 heavy (non-hydrogen) atoms. The number of carbonyl (C=O) groups is 1. The number of hydrogen-bond donors (Lipinski definition) is 1. The van der Waals surface area contributed by atoms with E-state index in [-0.39, 0.29) is 18.1 Å². The lowest BCUT2D eigenvalue weighted by atomic mass is 10.2. The summed E-state index contributed by atoms with van der Waals surface area (Å²) in [7, 11) is 0. The van der Waals surface area contributed by atoms with Gasteiger partial charge >= 0.3 is 5.97 Å². The molecule has 0 amide bonds. The molecule has 4 nitrogen and oxygen atoms in total. The van der Waals surface area contributed by atoms with Crippen LogP contribution in [0.3, 0.4) is 0 Å². The summed E-state index contributed by atoms with van der Waals surface area (Å²) in [5, 5.41) is 9.60. The fourth-order valence-corrected chi connectivity index (χ4v) is 1.53. The number of aromatic nitrogens is 1. The van der Waals surface area contributed by atoms with Crippen molar-refractivity contribution in [3.8, 4) is 5.88 Å². The second-order valence-corrected chi connectivity index (χ2v) is 4.01. The smallest absolute Gasteiger partial charge is 0.341 e. The molecule has 0 fully saturated rings. The van der Waals surface area contributed by atoms with Crippen LogP contribution < -0.4 is 4.74 Å². The molecule has 0 unspecified atom stereocenters. The summed E-state index contributed by atoms with van der Waals surface area (Å²) in [6, 6.07) is 10.1. The third-order valence-corrected chi connectivity index (χ3v) is 2.54. The number of nitrogens with zero attached hydrogens (tertiary/aromatic N) is 1. The van der Waals surface area contributed by atoms with Gasteiger partial charge in [-0.15, -0.1) is 0 Å². The molecule has 5 heteroatoms. The standard InChI is InChI=1S/C13H10ClNO3/c14-10-5-3-9(4-6-10)8-18-12-11(13(16)17)2-1-7-15-12/h1-7H,8H2,(H,16,17). The van der Waals surface area contributed by atoms with E-state index in [0.717, 1.165) is 5.56 Å². The summed E-state index contributed by atoms with van der Waals surface area (Å²) >= 11 is 5.76. The highest BCUT2D eigenvalue weighted by atomic mass is 35.5. The van der Waals surface area contributed by atoms with Crippen molar-refractivity contribution in [1.29, 1.82) is 0 Å². The van der Waals surface area contributed by atoms with Crippen molar-refractivity contribution in [2.45, 2.75) is 6.61 Å². The first kappa shape index (κ1) is 12.4. The van der Waals surface area contributed by atoms with E-state index in [1.165, 1.54) is 12.3 Å². The van der Waals surface area contributed by atoms with Crippen LogP contribution in [0.15, 0.2) is 42.6 Å². The Morgan fingerprint density at radius 2 is 2.00 bits per heavy atom. The highest BCUT2D eigenvalue weighted by Crippen LogP contribution is 2.16. The van der Waals surface area contributed by atoms with Gasteiger partial charge in [-0.3, -0.25) is 0 Å². The average Bonchev–Trinajstić information content (AvgIpc) is 2.38. The molecule has 0 bridgehead atoms. The van der Waals surface area contributed by atoms with Gasteiger partial charge in [0.15, 0.2) is 0 Å². The topological polar surface area (TPSA) is 59.4 Å². The van der Waals surface area contributed by atoms with Crippen molar-refractivity contribution in [2.24, 2.45) is 0 Å². The number of hydrogen-bond acceptors (Lipinski definition) is 3. The molecule has 0 aliphatic carbocycles. The molecular weight excluding hydrogens is 254 g/mol. The minimum atomic E-state index is -1.06. The first-order valence-electron chi connectivity index (χ1n) is 5.22. The van der Waals surface area contributed by atoms with Gasteiger partial charge < -0.3 is 9.84 Å². The van der Waals surface area contributed by atoms with Crippen LogP contribution in [0.2, 0.25) is 5.02 Å². The second kappa shape index (κ2) is 5.51. The molecule has 1 N–H and O–H groups in total. The number of carboxylic acids is 1. The summed E-state index contributed by atoms with van der Waals surface area (Å²) in [5.41, 5.74) is 0.938. The van der Waals surface area contributed by atoms with Crippen molar-refractivity contribution in [3.63, 3.8) is 0 Å². The molecular formula is C13H10ClNO3. The molecule has 0 atom stereocenters. The van der Waals surface area contributed by atoms with E-state index in [4.69, 9.17) is 21.4 Å². The van der Waals surface area contributed by atoms with E-state index >= 15 is 0 Å². The van der Waals surface area contributed by atoms with E-state index in [0.29, 0.717) is 5.02 Å². The van der Waals surface area contributed by atoms with Gasteiger partial charge in [0, 0.05) is 11.2 Å². The number of carboxylic acid groups (broad SMARTS) is 1. The molecule has 0 saturated heterocycles. The first-order chi connectivity index (χ1) is 8.66. The highest BCUT2D eigenvalue weighted by molar-refractivity contribution is 6.30. The molecule has 0 aliphatic heterocycles. The molecule has 0 aliphatic rings. The SMILES string of the molecule is O=C(O)c1cccnc1OCc1ccc(Cl)cc1. The van der Waals surface area contributed by atoms with Crippen LogP contribution in [-0.4, -0.2) is 16.1 Å². The van der Waals surface area contributed by atoms with E-state index in [1.807, 2.05) is 12.1 Å². The Labute approximate surface area is 109 Å². The fourth-order valence-electron chi connectivity index (χ4n) is 1.40. The third kappa shape index (κ3) is 2.99. The maximum atomic E-state index is 10.9. The Hall–Kier alpha value is -2.07. The van der Waals surface area contributed by atoms with Crippen molar-refractivity contribution in [3.05, 3.63) is 58.7 Å². The van der Waals surface area contributed by atoms with Gasteiger partial charge in [0.2, 0.25) is 5.88 Å². The summed E-state index contributed by atoms with van der Waals surface area (Å²) < 4.78 is 5.39. The van der Waals surface area contributed by atoms with Crippen molar-refractivity contribution in [1.82, 2.24) is 4.98 Å². The summed E-state index contributed by atoms with van der Waals surface area (Å²) in [5.74, 6) is -0.950. The van der Waals surface area contributed by atoms with Crippen molar-refractivity contribution < 1.29 is 14.6 Å². The molecule has 92 valence electrons. The van der Waals surface area contributed by atoms with Gasteiger partial charge in [-0.25, -0.2) is 9.78 Å². The van der Waals surface area contributed by atoms with Crippen LogP contribution in [0.4, 0.5) is 0 Å². The normalized spacial score (nSPS) is 10.1. The number of rotatable bonds is 4. The van der Waals surface area contributed by atoms with Gasteiger partial charge in [-0.2, -0.15) is 0 Å². The summed E-state index contributed by atoms with van der Waals surface area (Å²) in [4.78, 5) is 14.8. The van der Waals surface area contributed by atoms with E-state index < -0.39 is 5.97 Å². The summed E-state index contributed by atoms with van der Waals surface area (Å²) in [6.07, 6.45) is 1.49. The minimum absolute atomic E-state index is 0.0477. The number of benzene rings is 1. The molecule has 1 aromatic heterocycles. The molecule has 0 saturated carbocycles. The number of halogens is 1. The van der Waals surface area contributed by atoms with E-state index in [9.17, 15) is 4.79 Å². The lowest BCUT2D eigenvalue weighted by Crippen LogP contribution is -2.04. The largest absolute Gasteiger partial charge is 0.477 e. The zero-order valence-corrected chi connectivity index (χ0v) is 10.1. The first-order valence-corrected chi connectivity index (χ1v) is 5.60. The molecule has 2 aromatic rings. The van der Waals surface area contributed by atoms with Gasteiger partial charge in [-0.05, 0) is 29.8 Å². The zero-order valence-electron chi connectivity index (χ0n) is 9.34. The number of aromatic carboxylic acids is 1. The maximum absolute atomic E-state index is 10.9. The monoisotopic (exact) mass is 263 g/mol. The van der Waals surface area contributed by atoms with Crippen LogP contribution in [-0.2, 0) is 6.61 Å². The van der Waals surface area contributed by atoms with Gasteiger partial charge in [0.1, 0.15) is 12.2 Å². The van der Waals surface area contributed by atoms with Crippen LogP contribution in [0.25, 0.3) is 0 Å². The highest BCUT2D eigenvalue weighted by Gasteiger charge is 2.11. The molecule has 2 rings (SSSR count). The van der Waals surface area contributed by atoms with Gasteiger partial charge in [0.25, 0.3) is 0 Å². The predicted molar refractivity (Wildman–Crippen MR) is 67.0 cm³/mol. The van der Waals surface area contributed by atoms with Crippen LogP contribution in [0.1, 0.15) is 15.9 Å². The Morgan fingerprint density at radius 1 is 1.28 bits per heavy atom. The average molecular weight is 264 g/mol. The second-order valence-electron chi connectivity index (χ2n) is 3.58. The predicted octanol–water partition coefficient (Wildman–Crippen LogP) is 3.01. The van der Waals surface area contributed by atoms with Crippen LogP contribution in [0, 0.1) is 0 Å². The van der Waals surface area contributed by atoms with Crippen LogP contribution in [0.5, 0.6) is 5.88 Å². The van der Waals surface area contributed by atoms with E-state index in [2.05, 4.69) is 4.98 Å². The minimum Gasteiger partial charge on any atom is -0.477 e. The Kier molecular flexibility index (Phi) is 3.79. The van der Waals surface area contributed by atoms with Crippen LogP contribution >= 0.6 is 11.6 Å². The summed E-state index contributed by atoms with van der Waals surface area (Å²) in [6.45, 7) is 0.245. The Bertz CT molecular complexity index is 554. The molecule has 1 heterocycles.